The Balaban J connectivity index is 1.50. The van der Waals surface area contributed by atoms with Crippen molar-refractivity contribution in [1.29, 1.82) is 0 Å². The van der Waals surface area contributed by atoms with Crippen LogP contribution in [0, 0.1) is 0 Å². The molecule has 0 saturated carbocycles. The van der Waals surface area contributed by atoms with E-state index in [1.807, 2.05) is 29.6 Å². The molecule has 0 aliphatic heterocycles. The van der Waals surface area contributed by atoms with Gasteiger partial charge in [-0.05, 0) is 35.7 Å². The lowest BCUT2D eigenvalue weighted by Crippen LogP contribution is -2.26. The van der Waals surface area contributed by atoms with Gasteiger partial charge in [0.2, 0.25) is 17.6 Å². The number of hydrogen-bond acceptors (Lipinski definition) is 6. The van der Waals surface area contributed by atoms with Gasteiger partial charge in [-0.3, -0.25) is 9.69 Å². The first-order valence-electron chi connectivity index (χ1n) is 9.61. The monoisotopic (exact) mass is 398 g/mol. The molecule has 0 unspecified atom stereocenters. The van der Waals surface area contributed by atoms with Crippen LogP contribution in [0.15, 0.2) is 46.3 Å². The maximum absolute atomic E-state index is 12.3. The number of aryl methyl sites for hydroxylation is 1. The fourth-order valence-corrected chi connectivity index (χ4v) is 3.59. The third-order valence-electron chi connectivity index (χ3n) is 4.66. The standard InChI is InChI=1S/C21H26N4O2S/c1-3-25(4-2)15-17-9-6-5-8-16(17)14-22-19(26)11-12-20-23-21(24-27-20)18-10-7-13-28-18/h5-10,13H,3-4,11-12,14-15H2,1-2H3,(H,22,26). The zero-order chi connectivity index (χ0) is 19.8. The fourth-order valence-electron chi connectivity index (χ4n) is 2.94. The van der Waals surface area contributed by atoms with Crippen molar-refractivity contribution in [3.8, 4) is 10.7 Å². The van der Waals surface area contributed by atoms with E-state index in [1.54, 1.807) is 11.3 Å². The molecule has 0 aliphatic carbocycles. The number of amides is 1. The summed E-state index contributed by atoms with van der Waals surface area (Å²) in [6.07, 6.45) is 0.760. The fraction of sp³-hybridized carbons (Fsp3) is 0.381. The summed E-state index contributed by atoms with van der Waals surface area (Å²) in [6, 6.07) is 12.2. The third kappa shape index (κ3) is 5.50. The Bertz CT molecular complexity index is 872. The first-order chi connectivity index (χ1) is 13.7. The minimum atomic E-state index is -0.0199. The van der Waals surface area contributed by atoms with Crippen LogP contribution in [0.25, 0.3) is 10.7 Å². The predicted molar refractivity (Wildman–Crippen MR) is 111 cm³/mol. The highest BCUT2D eigenvalue weighted by atomic mass is 32.1. The molecule has 7 heteroatoms. The molecular formula is C21H26N4O2S. The number of rotatable bonds is 10. The minimum Gasteiger partial charge on any atom is -0.352 e. The van der Waals surface area contributed by atoms with Crippen LogP contribution in [0.3, 0.4) is 0 Å². The van der Waals surface area contributed by atoms with Crippen molar-refractivity contribution in [2.24, 2.45) is 0 Å². The van der Waals surface area contributed by atoms with Crippen molar-refractivity contribution in [2.45, 2.75) is 39.8 Å². The second kappa shape index (κ2) is 10.1. The van der Waals surface area contributed by atoms with Crippen LogP contribution in [-0.2, 0) is 24.3 Å². The Kier molecular flexibility index (Phi) is 7.33. The van der Waals surface area contributed by atoms with Crippen molar-refractivity contribution in [3.05, 3.63) is 58.8 Å². The molecule has 0 spiro atoms. The number of aromatic nitrogens is 2. The second-order valence-corrected chi connectivity index (χ2v) is 7.44. The molecule has 148 valence electrons. The number of carbonyl (C=O) groups excluding carboxylic acids is 1. The van der Waals surface area contributed by atoms with E-state index in [0.717, 1.165) is 30.1 Å². The Labute approximate surface area is 169 Å². The summed E-state index contributed by atoms with van der Waals surface area (Å²) in [5.41, 5.74) is 2.41. The molecule has 1 N–H and O–H groups in total. The van der Waals surface area contributed by atoms with Gasteiger partial charge in [-0.15, -0.1) is 11.3 Å². The van der Waals surface area contributed by atoms with Crippen LogP contribution in [0.4, 0.5) is 0 Å². The highest BCUT2D eigenvalue weighted by Gasteiger charge is 2.12. The smallest absolute Gasteiger partial charge is 0.227 e. The van der Waals surface area contributed by atoms with Gasteiger partial charge >= 0.3 is 0 Å². The average molecular weight is 399 g/mol. The SMILES string of the molecule is CCN(CC)Cc1ccccc1CNC(=O)CCc1nc(-c2cccs2)no1. The average Bonchev–Trinajstić information content (AvgIpc) is 3.41. The minimum absolute atomic E-state index is 0.0199. The Morgan fingerprint density at radius 2 is 1.93 bits per heavy atom. The Morgan fingerprint density at radius 1 is 1.14 bits per heavy atom. The quantitative estimate of drug-likeness (QED) is 0.561. The molecule has 1 aromatic carbocycles. The van der Waals surface area contributed by atoms with E-state index >= 15 is 0 Å². The van der Waals surface area contributed by atoms with Crippen LogP contribution >= 0.6 is 11.3 Å². The summed E-state index contributed by atoms with van der Waals surface area (Å²) in [7, 11) is 0. The van der Waals surface area contributed by atoms with Gasteiger partial charge in [0.05, 0.1) is 4.88 Å². The zero-order valence-electron chi connectivity index (χ0n) is 16.4. The first-order valence-corrected chi connectivity index (χ1v) is 10.5. The van der Waals surface area contributed by atoms with Gasteiger partial charge in [-0.25, -0.2) is 0 Å². The molecule has 2 heterocycles. The molecule has 1 amide bonds. The molecule has 6 nitrogen and oxygen atoms in total. The van der Waals surface area contributed by atoms with E-state index in [4.69, 9.17) is 4.52 Å². The molecule has 0 saturated heterocycles. The second-order valence-electron chi connectivity index (χ2n) is 6.50. The third-order valence-corrected chi connectivity index (χ3v) is 5.52. The van der Waals surface area contributed by atoms with Gasteiger partial charge in [0.1, 0.15) is 0 Å². The lowest BCUT2D eigenvalue weighted by atomic mass is 10.1. The van der Waals surface area contributed by atoms with Crippen LogP contribution in [-0.4, -0.2) is 34.0 Å². The molecule has 0 bridgehead atoms. The number of nitrogens with zero attached hydrogens (tertiary/aromatic N) is 3. The van der Waals surface area contributed by atoms with Crippen molar-refractivity contribution in [1.82, 2.24) is 20.4 Å². The topological polar surface area (TPSA) is 71.3 Å². The van der Waals surface area contributed by atoms with E-state index in [1.165, 1.54) is 5.56 Å². The normalized spacial score (nSPS) is 11.1. The van der Waals surface area contributed by atoms with Crippen molar-refractivity contribution >= 4 is 17.2 Å². The van der Waals surface area contributed by atoms with E-state index in [9.17, 15) is 4.79 Å². The summed E-state index contributed by atoms with van der Waals surface area (Å²) < 4.78 is 5.25. The number of nitrogens with one attached hydrogen (secondary N) is 1. The molecule has 28 heavy (non-hydrogen) atoms. The highest BCUT2D eigenvalue weighted by Crippen LogP contribution is 2.21. The van der Waals surface area contributed by atoms with Crippen LogP contribution < -0.4 is 5.32 Å². The molecular weight excluding hydrogens is 372 g/mol. The Hall–Kier alpha value is -2.51. The predicted octanol–water partition coefficient (Wildman–Crippen LogP) is 3.89. The van der Waals surface area contributed by atoms with Crippen LogP contribution in [0.1, 0.15) is 37.3 Å². The molecule has 2 aromatic heterocycles. The van der Waals surface area contributed by atoms with Crippen molar-refractivity contribution < 1.29 is 9.32 Å². The van der Waals surface area contributed by atoms with Crippen LogP contribution in [0.2, 0.25) is 0 Å². The summed E-state index contributed by atoms with van der Waals surface area (Å²) >= 11 is 1.56. The zero-order valence-corrected chi connectivity index (χ0v) is 17.2. The number of carbonyl (C=O) groups is 1. The molecule has 0 aliphatic rings. The van der Waals surface area contributed by atoms with Crippen molar-refractivity contribution in [2.75, 3.05) is 13.1 Å². The first kappa shape index (κ1) is 20.2. The largest absolute Gasteiger partial charge is 0.352 e. The summed E-state index contributed by atoms with van der Waals surface area (Å²) in [6.45, 7) is 7.77. The van der Waals surface area contributed by atoms with Gasteiger partial charge in [-0.2, -0.15) is 4.98 Å². The molecule has 3 rings (SSSR count). The van der Waals surface area contributed by atoms with Crippen molar-refractivity contribution in [3.63, 3.8) is 0 Å². The molecule has 0 radical (unpaired) electrons. The van der Waals surface area contributed by atoms with Gasteiger partial charge in [0, 0.05) is 25.9 Å². The van der Waals surface area contributed by atoms with Gasteiger partial charge in [0.15, 0.2) is 0 Å². The lowest BCUT2D eigenvalue weighted by Gasteiger charge is -2.20. The van der Waals surface area contributed by atoms with E-state index in [0.29, 0.717) is 31.1 Å². The highest BCUT2D eigenvalue weighted by molar-refractivity contribution is 7.13. The van der Waals surface area contributed by atoms with E-state index < -0.39 is 0 Å². The maximum atomic E-state index is 12.3. The Morgan fingerprint density at radius 3 is 2.64 bits per heavy atom. The van der Waals surface area contributed by atoms with Gasteiger partial charge < -0.3 is 9.84 Å². The lowest BCUT2D eigenvalue weighted by molar-refractivity contribution is -0.121. The van der Waals surface area contributed by atoms with E-state index in [2.05, 4.69) is 46.3 Å². The summed E-state index contributed by atoms with van der Waals surface area (Å²) in [4.78, 5) is 19.9. The number of thiophene rings is 1. The van der Waals surface area contributed by atoms with Gasteiger partial charge in [0.25, 0.3) is 0 Å². The number of hydrogen-bond donors (Lipinski definition) is 1. The van der Waals surface area contributed by atoms with E-state index in [-0.39, 0.29) is 5.91 Å². The molecule has 3 aromatic rings. The molecule has 0 fully saturated rings. The summed E-state index contributed by atoms with van der Waals surface area (Å²) in [5, 5.41) is 8.95. The van der Waals surface area contributed by atoms with Crippen LogP contribution in [0.5, 0.6) is 0 Å². The van der Waals surface area contributed by atoms with Gasteiger partial charge in [-0.1, -0.05) is 49.3 Å². The number of benzene rings is 1. The molecule has 0 atom stereocenters. The maximum Gasteiger partial charge on any atom is 0.227 e. The summed E-state index contributed by atoms with van der Waals surface area (Å²) in [5.74, 6) is 1.05.